The molecule has 0 spiro atoms. The van der Waals surface area contributed by atoms with Gasteiger partial charge < -0.3 is 15.4 Å². The number of aromatic nitrogens is 1. The van der Waals surface area contributed by atoms with E-state index in [0.717, 1.165) is 21.4 Å². The van der Waals surface area contributed by atoms with Crippen LogP contribution in [-0.2, 0) is 0 Å². The molecule has 0 fully saturated rings. The Morgan fingerprint density at radius 3 is 2.83 bits per heavy atom. The fourth-order valence-electron chi connectivity index (χ4n) is 1.78. The Morgan fingerprint density at radius 2 is 2.09 bits per heavy atom. The topological polar surface area (TPSA) is 58.5 Å². The van der Waals surface area contributed by atoms with Crippen LogP contribution in [0, 0.1) is 0 Å². The van der Waals surface area contributed by atoms with Gasteiger partial charge in [-0.15, -0.1) is 0 Å². The quantitative estimate of drug-likeness (QED) is 0.646. The smallest absolute Gasteiger partial charge is 0.200 e. The van der Waals surface area contributed by atoms with Gasteiger partial charge in [-0.25, -0.2) is 4.98 Å². The zero-order valence-corrected chi connectivity index (χ0v) is 14.2. The van der Waals surface area contributed by atoms with Crippen LogP contribution >= 0.6 is 11.8 Å². The molecule has 5 nitrogen and oxygen atoms in total. The maximum atomic E-state index is 5.25. The Morgan fingerprint density at radius 1 is 1.26 bits per heavy atom. The standard InChI is InChI=1S/C17H20N4OS/c1-4-9-20-17(18-2)21-16-12-15(8-10-19-16)23-14-7-5-6-13(11-14)22-3/h4-12H,1-3H3,(H2,18,19,20,21)/b9-4+. The fraction of sp³-hybridized carbons (Fsp3) is 0.176. The zero-order valence-electron chi connectivity index (χ0n) is 13.4. The molecule has 0 aliphatic rings. The van der Waals surface area contributed by atoms with Gasteiger partial charge in [-0.05, 0) is 43.5 Å². The Labute approximate surface area is 140 Å². The number of hydrogen-bond donors (Lipinski definition) is 2. The van der Waals surface area contributed by atoms with Gasteiger partial charge in [0.15, 0.2) is 0 Å². The zero-order chi connectivity index (χ0) is 16.5. The molecule has 0 saturated heterocycles. The highest BCUT2D eigenvalue weighted by Gasteiger charge is 2.03. The second kappa shape index (κ2) is 8.85. The van der Waals surface area contributed by atoms with E-state index in [-0.39, 0.29) is 0 Å². The van der Waals surface area contributed by atoms with Crippen molar-refractivity contribution in [1.29, 1.82) is 0 Å². The minimum Gasteiger partial charge on any atom is -0.497 e. The largest absolute Gasteiger partial charge is 0.497 e. The normalized spacial score (nSPS) is 11.5. The molecule has 1 aromatic carbocycles. The number of aliphatic imine (C=N–C) groups is 1. The lowest BCUT2D eigenvalue weighted by molar-refractivity contribution is 0.413. The van der Waals surface area contributed by atoms with Crippen molar-refractivity contribution in [3.05, 3.63) is 54.9 Å². The molecule has 0 bridgehead atoms. The molecule has 0 amide bonds. The molecule has 0 saturated carbocycles. The second-order valence-electron chi connectivity index (χ2n) is 4.50. The summed E-state index contributed by atoms with van der Waals surface area (Å²) in [7, 11) is 3.38. The highest BCUT2D eigenvalue weighted by molar-refractivity contribution is 7.99. The predicted molar refractivity (Wildman–Crippen MR) is 96.3 cm³/mol. The number of nitrogens with one attached hydrogen (secondary N) is 2. The van der Waals surface area contributed by atoms with E-state index in [4.69, 9.17) is 4.74 Å². The minimum atomic E-state index is 0.638. The van der Waals surface area contributed by atoms with E-state index >= 15 is 0 Å². The van der Waals surface area contributed by atoms with Gasteiger partial charge in [0, 0.05) is 23.0 Å². The van der Waals surface area contributed by atoms with Crippen LogP contribution < -0.4 is 15.4 Å². The molecule has 1 heterocycles. The number of hydrogen-bond acceptors (Lipinski definition) is 4. The summed E-state index contributed by atoms with van der Waals surface area (Å²) in [5, 5.41) is 6.20. The number of anilines is 1. The van der Waals surface area contributed by atoms with Crippen molar-refractivity contribution >= 4 is 23.5 Å². The lowest BCUT2D eigenvalue weighted by atomic mass is 10.3. The van der Waals surface area contributed by atoms with E-state index in [9.17, 15) is 0 Å². The summed E-state index contributed by atoms with van der Waals surface area (Å²) < 4.78 is 5.25. The van der Waals surface area contributed by atoms with Crippen LogP contribution in [0.1, 0.15) is 6.92 Å². The van der Waals surface area contributed by atoms with Gasteiger partial charge >= 0.3 is 0 Å². The van der Waals surface area contributed by atoms with Crippen molar-refractivity contribution in [2.75, 3.05) is 19.5 Å². The Bertz CT molecular complexity index is 700. The number of allylic oxidation sites excluding steroid dienone is 1. The SMILES string of the molecule is C/C=C/NC(=NC)Nc1cc(Sc2cccc(OC)c2)ccn1. The number of ether oxygens (including phenoxy) is 1. The van der Waals surface area contributed by atoms with Crippen molar-refractivity contribution in [1.82, 2.24) is 10.3 Å². The number of methoxy groups -OCH3 is 1. The van der Waals surface area contributed by atoms with E-state index < -0.39 is 0 Å². The van der Waals surface area contributed by atoms with Crippen LogP contribution in [0.4, 0.5) is 5.82 Å². The maximum Gasteiger partial charge on any atom is 0.200 e. The summed E-state index contributed by atoms with van der Waals surface area (Å²) in [6, 6.07) is 11.9. The van der Waals surface area contributed by atoms with Crippen molar-refractivity contribution < 1.29 is 4.74 Å². The molecule has 0 aliphatic carbocycles. The molecule has 0 unspecified atom stereocenters. The summed E-state index contributed by atoms with van der Waals surface area (Å²) >= 11 is 1.65. The Kier molecular flexibility index (Phi) is 6.50. The summed E-state index contributed by atoms with van der Waals surface area (Å²) in [6.45, 7) is 1.93. The number of benzene rings is 1. The Hall–Kier alpha value is -2.47. The lowest BCUT2D eigenvalue weighted by Gasteiger charge is -2.09. The highest BCUT2D eigenvalue weighted by Crippen LogP contribution is 2.30. The van der Waals surface area contributed by atoms with Crippen LogP contribution in [0.3, 0.4) is 0 Å². The lowest BCUT2D eigenvalue weighted by Crippen LogP contribution is -2.26. The van der Waals surface area contributed by atoms with Gasteiger partial charge in [0.2, 0.25) is 5.96 Å². The second-order valence-corrected chi connectivity index (χ2v) is 5.65. The third-order valence-electron chi connectivity index (χ3n) is 2.87. The average molecular weight is 328 g/mol. The van der Waals surface area contributed by atoms with Crippen LogP contribution in [-0.4, -0.2) is 25.1 Å². The van der Waals surface area contributed by atoms with Gasteiger partial charge in [-0.1, -0.05) is 23.9 Å². The van der Waals surface area contributed by atoms with Crippen LogP contribution in [0.15, 0.2) is 69.7 Å². The number of rotatable bonds is 5. The molecule has 2 aromatic rings. The third kappa shape index (κ3) is 5.34. The van der Waals surface area contributed by atoms with Gasteiger partial charge in [0.25, 0.3) is 0 Å². The van der Waals surface area contributed by atoms with Crippen molar-refractivity contribution in [2.24, 2.45) is 4.99 Å². The summed E-state index contributed by atoms with van der Waals surface area (Å²) in [4.78, 5) is 10.6. The predicted octanol–water partition coefficient (Wildman–Crippen LogP) is 3.76. The summed E-state index contributed by atoms with van der Waals surface area (Å²) in [6.07, 6.45) is 5.48. The first-order chi connectivity index (χ1) is 11.2. The van der Waals surface area contributed by atoms with E-state index in [1.54, 1.807) is 32.1 Å². The number of nitrogens with zero attached hydrogens (tertiary/aromatic N) is 2. The number of guanidine groups is 1. The van der Waals surface area contributed by atoms with E-state index in [1.807, 2.05) is 55.6 Å². The van der Waals surface area contributed by atoms with E-state index in [2.05, 4.69) is 20.6 Å². The molecule has 1 aromatic heterocycles. The highest BCUT2D eigenvalue weighted by atomic mass is 32.2. The molecule has 120 valence electrons. The molecule has 6 heteroatoms. The Balaban J connectivity index is 2.10. The monoisotopic (exact) mass is 328 g/mol. The van der Waals surface area contributed by atoms with Crippen molar-refractivity contribution in [3.8, 4) is 5.75 Å². The van der Waals surface area contributed by atoms with Crippen LogP contribution in [0.5, 0.6) is 5.75 Å². The molecular weight excluding hydrogens is 308 g/mol. The third-order valence-corrected chi connectivity index (χ3v) is 3.84. The van der Waals surface area contributed by atoms with Crippen LogP contribution in [0.25, 0.3) is 0 Å². The van der Waals surface area contributed by atoms with Gasteiger partial charge in [-0.3, -0.25) is 4.99 Å². The summed E-state index contributed by atoms with van der Waals surface area (Å²) in [5.41, 5.74) is 0. The first-order valence-electron chi connectivity index (χ1n) is 7.14. The molecule has 2 rings (SSSR count). The van der Waals surface area contributed by atoms with Gasteiger partial charge in [-0.2, -0.15) is 0 Å². The van der Waals surface area contributed by atoms with Gasteiger partial charge in [0.05, 0.1) is 7.11 Å². The molecule has 23 heavy (non-hydrogen) atoms. The van der Waals surface area contributed by atoms with Crippen molar-refractivity contribution in [3.63, 3.8) is 0 Å². The molecule has 2 N–H and O–H groups in total. The van der Waals surface area contributed by atoms with E-state index in [1.165, 1.54) is 0 Å². The fourth-order valence-corrected chi connectivity index (χ4v) is 2.68. The molecule has 0 atom stereocenters. The first kappa shape index (κ1) is 16.9. The molecular formula is C17H20N4OS. The molecule has 0 radical (unpaired) electrons. The maximum absolute atomic E-state index is 5.25. The average Bonchev–Trinajstić information content (AvgIpc) is 2.59. The van der Waals surface area contributed by atoms with Gasteiger partial charge in [0.1, 0.15) is 11.6 Å². The van der Waals surface area contributed by atoms with E-state index in [0.29, 0.717) is 5.96 Å². The van der Waals surface area contributed by atoms with Crippen molar-refractivity contribution in [2.45, 2.75) is 16.7 Å². The van der Waals surface area contributed by atoms with Crippen LogP contribution in [0.2, 0.25) is 0 Å². The minimum absolute atomic E-state index is 0.638. The molecule has 0 aliphatic heterocycles. The summed E-state index contributed by atoms with van der Waals surface area (Å²) in [5.74, 6) is 2.22. The first-order valence-corrected chi connectivity index (χ1v) is 7.96. The number of pyridine rings is 1.